The van der Waals surface area contributed by atoms with Crippen LogP contribution in [-0.4, -0.2) is 35.2 Å². The lowest BCUT2D eigenvalue weighted by Crippen LogP contribution is -2.64. The highest BCUT2D eigenvalue weighted by molar-refractivity contribution is 5.75. The fourth-order valence-corrected chi connectivity index (χ4v) is 6.92. The monoisotopic (exact) mass is 394 g/mol. The molecule has 0 aromatic rings. The molecule has 7 heteroatoms. The molecule has 5 aliphatic carbocycles. The van der Waals surface area contributed by atoms with Gasteiger partial charge in [0.1, 0.15) is 0 Å². The van der Waals surface area contributed by atoms with Gasteiger partial charge in [-0.15, -0.1) is 0 Å². The Morgan fingerprint density at radius 3 is 2.36 bits per heavy atom. The summed E-state index contributed by atoms with van der Waals surface area (Å²) in [6, 6.07) is 0. The quantitative estimate of drug-likeness (QED) is 0.577. The molecule has 28 heavy (non-hydrogen) atoms. The predicted molar refractivity (Wildman–Crippen MR) is 95.5 cm³/mol. The second-order valence-corrected chi connectivity index (χ2v) is 9.78. The van der Waals surface area contributed by atoms with E-state index < -0.39 is 23.0 Å². The zero-order valence-corrected chi connectivity index (χ0v) is 16.5. The van der Waals surface area contributed by atoms with Crippen molar-refractivity contribution >= 4 is 11.9 Å². The van der Waals surface area contributed by atoms with E-state index in [2.05, 4.69) is 0 Å². The molecule has 6 aliphatic rings. The summed E-state index contributed by atoms with van der Waals surface area (Å²) >= 11 is 0. The smallest absolute Gasteiger partial charge is 0.309 e. The van der Waals surface area contributed by atoms with Gasteiger partial charge >= 0.3 is 11.9 Å². The van der Waals surface area contributed by atoms with Gasteiger partial charge in [0.15, 0.2) is 0 Å². The SMILES string of the molecule is CCOC(=O)CC1CC[C@]2(CC1)OO[C@]1(O2)C2CC3CC1CC(C(=O)O)(C3)C2. The minimum atomic E-state index is -0.774. The number of rotatable bonds is 4. The molecule has 0 amide bonds. The molecular weight excluding hydrogens is 364 g/mol. The zero-order chi connectivity index (χ0) is 19.6. The highest BCUT2D eigenvalue weighted by atomic mass is 17.3. The lowest BCUT2D eigenvalue weighted by atomic mass is 9.47. The molecule has 6 fully saturated rings. The Kier molecular flexibility index (Phi) is 4.31. The van der Waals surface area contributed by atoms with Crippen molar-refractivity contribution in [3.63, 3.8) is 0 Å². The van der Waals surface area contributed by atoms with Crippen LogP contribution in [0.2, 0.25) is 0 Å². The molecule has 0 radical (unpaired) electrons. The van der Waals surface area contributed by atoms with E-state index >= 15 is 0 Å². The topological polar surface area (TPSA) is 91.3 Å². The summed E-state index contributed by atoms with van der Waals surface area (Å²) in [5, 5.41) is 9.84. The first-order chi connectivity index (χ1) is 13.4. The molecule has 1 heterocycles. The van der Waals surface area contributed by atoms with Crippen LogP contribution in [-0.2, 0) is 28.8 Å². The maximum absolute atomic E-state index is 12.0. The Balaban J connectivity index is 1.27. The van der Waals surface area contributed by atoms with Crippen molar-refractivity contribution in [2.45, 2.75) is 82.7 Å². The van der Waals surface area contributed by atoms with Crippen LogP contribution in [0.1, 0.15) is 71.1 Å². The maximum Gasteiger partial charge on any atom is 0.309 e. The molecule has 4 bridgehead atoms. The Bertz CT molecular complexity index is 650. The summed E-state index contributed by atoms with van der Waals surface area (Å²) in [6.45, 7) is 2.24. The molecule has 1 aliphatic heterocycles. The number of ether oxygens (including phenoxy) is 2. The molecular formula is C21H30O7. The molecule has 2 unspecified atom stereocenters. The average molecular weight is 394 g/mol. The molecule has 0 aromatic heterocycles. The molecule has 1 saturated heterocycles. The van der Waals surface area contributed by atoms with Crippen molar-refractivity contribution in [2.75, 3.05) is 6.61 Å². The molecule has 5 saturated carbocycles. The van der Waals surface area contributed by atoms with E-state index in [-0.39, 0.29) is 17.8 Å². The number of carboxylic acids is 1. The number of carboxylic acid groups (broad SMARTS) is 1. The van der Waals surface area contributed by atoms with Crippen LogP contribution in [0.25, 0.3) is 0 Å². The van der Waals surface area contributed by atoms with Crippen LogP contribution in [0.15, 0.2) is 0 Å². The first-order valence-corrected chi connectivity index (χ1v) is 10.8. The number of carbonyl (C=O) groups excluding carboxylic acids is 1. The minimum absolute atomic E-state index is 0.0893. The zero-order valence-electron chi connectivity index (χ0n) is 16.5. The van der Waals surface area contributed by atoms with Gasteiger partial charge in [-0.05, 0) is 63.7 Å². The van der Waals surface area contributed by atoms with Crippen LogP contribution in [0.4, 0.5) is 0 Å². The highest BCUT2D eigenvalue weighted by Crippen LogP contribution is 2.67. The van der Waals surface area contributed by atoms with Crippen LogP contribution in [0.5, 0.6) is 0 Å². The van der Waals surface area contributed by atoms with Crippen LogP contribution >= 0.6 is 0 Å². The second kappa shape index (κ2) is 6.41. The van der Waals surface area contributed by atoms with E-state index in [1.807, 2.05) is 6.92 Å². The normalized spacial score (nSPS) is 49.0. The summed E-state index contributed by atoms with van der Waals surface area (Å²) in [5.41, 5.74) is -0.596. The van der Waals surface area contributed by atoms with E-state index in [4.69, 9.17) is 19.2 Å². The van der Waals surface area contributed by atoms with Gasteiger partial charge < -0.3 is 14.6 Å². The van der Waals surface area contributed by atoms with Gasteiger partial charge in [-0.1, -0.05) is 0 Å². The van der Waals surface area contributed by atoms with Crippen molar-refractivity contribution in [1.29, 1.82) is 0 Å². The summed E-state index contributed by atoms with van der Waals surface area (Å²) in [6.07, 6.45) is 7.52. The average Bonchev–Trinajstić information content (AvgIpc) is 3.02. The van der Waals surface area contributed by atoms with Crippen molar-refractivity contribution in [3.8, 4) is 0 Å². The summed E-state index contributed by atoms with van der Waals surface area (Å²) in [7, 11) is 0. The standard InChI is InChI=1S/C21H30O7/c1-2-25-17(22)9-13-3-5-20(6-4-13)26-21(28-27-20)15-7-14-8-16(21)12-19(10-14,11-15)18(23)24/h13-16H,2-12H2,1H3,(H,23,24)/t13?,14?,15?,16?,19?,20-,21-. The van der Waals surface area contributed by atoms with Gasteiger partial charge in [0.2, 0.25) is 11.6 Å². The summed E-state index contributed by atoms with van der Waals surface area (Å²) in [5.74, 6) is -1.37. The van der Waals surface area contributed by atoms with Gasteiger partial charge in [0.25, 0.3) is 0 Å². The van der Waals surface area contributed by atoms with E-state index in [0.717, 1.165) is 32.1 Å². The fourth-order valence-electron chi connectivity index (χ4n) is 6.92. The lowest BCUT2D eigenvalue weighted by Gasteiger charge is -2.60. The molecule has 156 valence electrons. The Hall–Kier alpha value is -1.18. The summed E-state index contributed by atoms with van der Waals surface area (Å²) in [4.78, 5) is 35.6. The number of hydrogen-bond donors (Lipinski definition) is 1. The Morgan fingerprint density at radius 1 is 1.07 bits per heavy atom. The molecule has 7 nitrogen and oxygen atoms in total. The fraction of sp³-hybridized carbons (Fsp3) is 0.905. The molecule has 6 rings (SSSR count). The van der Waals surface area contributed by atoms with Crippen LogP contribution < -0.4 is 0 Å². The van der Waals surface area contributed by atoms with E-state index in [9.17, 15) is 14.7 Å². The van der Waals surface area contributed by atoms with E-state index in [1.165, 1.54) is 0 Å². The second-order valence-electron chi connectivity index (χ2n) is 9.78. The number of aliphatic carboxylic acids is 1. The first-order valence-electron chi connectivity index (χ1n) is 10.8. The van der Waals surface area contributed by atoms with Crippen molar-refractivity contribution in [1.82, 2.24) is 0 Å². The van der Waals surface area contributed by atoms with Gasteiger partial charge in [0, 0.05) is 31.1 Å². The molecule has 2 spiro atoms. The first kappa shape index (κ1) is 18.8. The minimum Gasteiger partial charge on any atom is -0.481 e. The molecule has 2 atom stereocenters. The third kappa shape index (κ3) is 2.73. The summed E-state index contributed by atoms with van der Waals surface area (Å²) < 4.78 is 11.7. The van der Waals surface area contributed by atoms with Gasteiger partial charge in [-0.25, -0.2) is 0 Å². The van der Waals surface area contributed by atoms with E-state index in [1.54, 1.807) is 0 Å². The van der Waals surface area contributed by atoms with Gasteiger partial charge in [-0.2, -0.15) is 9.78 Å². The van der Waals surface area contributed by atoms with Crippen molar-refractivity contribution in [2.24, 2.45) is 29.1 Å². The molecule has 0 aromatic carbocycles. The maximum atomic E-state index is 12.0. The van der Waals surface area contributed by atoms with Crippen molar-refractivity contribution < 1.29 is 33.9 Å². The molecule has 1 N–H and O–H groups in total. The van der Waals surface area contributed by atoms with Crippen LogP contribution in [0.3, 0.4) is 0 Å². The number of hydrogen-bond acceptors (Lipinski definition) is 6. The lowest BCUT2D eigenvalue weighted by molar-refractivity contribution is -0.393. The van der Waals surface area contributed by atoms with Gasteiger partial charge in [-0.3, -0.25) is 9.59 Å². The third-order valence-electron chi connectivity index (χ3n) is 8.08. The number of carbonyl (C=O) groups is 2. The van der Waals surface area contributed by atoms with Gasteiger partial charge in [0.05, 0.1) is 12.0 Å². The van der Waals surface area contributed by atoms with Crippen molar-refractivity contribution in [3.05, 3.63) is 0 Å². The van der Waals surface area contributed by atoms with Crippen LogP contribution in [0, 0.1) is 29.1 Å². The predicted octanol–water partition coefficient (Wildman–Crippen LogP) is 3.41. The number of esters is 1. The Morgan fingerprint density at radius 2 is 1.75 bits per heavy atom. The highest BCUT2D eigenvalue weighted by Gasteiger charge is 2.71. The third-order valence-corrected chi connectivity index (χ3v) is 8.08. The largest absolute Gasteiger partial charge is 0.481 e. The Labute approximate surface area is 165 Å². The van der Waals surface area contributed by atoms with E-state index in [0.29, 0.717) is 50.5 Å².